The van der Waals surface area contributed by atoms with Crippen molar-refractivity contribution in [2.24, 2.45) is 5.92 Å². The number of Topliss-reactive ketones (excluding diaryl/α,β-unsaturated/α-hetero) is 1. The Balaban J connectivity index is 2.86. The highest BCUT2D eigenvalue weighted by molar-refractivity contribution is 9.10. The Labute approximate surface area is 120 Å². The predicted octanol–water partition coefficient (Wildman–Crippen LogP) is 2.00. The van der Waals surface area contributed by atoms with Gasteiger partial charge in [-0.1, -0.05) is 13.0 Å². The van der Waals surface area contributed by atoms with Gasteiger partial charge in [0.15, 0.2) is 5.78 Å². The van der Waals surface area contributed by atoms with Crippen LogP contribution in [0.5, 0.6) is 0 Å². The van der Waals surface area contributed by atoms with E-state index in [1.54, 1.807) is 19.9 Å². The quantitative estimate of drug-likeness (QED) is 0.565. The molecule has 0 aliphatic rings. The Kier molecular flexibility index (Phi) is 5.88. The molecule has 104 valence electrons. The van der Waals surface area contributed by atoms with E-state index in [4.69, 9.17) is 4.74 Å². The Hall–Kier alpha value is -1.50. The van der Waals surface area contributed by atoms with Crippen molar-refractivity contribution in [2.75, 3.05) is 6.61 Å². The summed E-state index contributed by atoms with van der Waals surface area (Å²) in [5, 5.41) is 3.97. The Morgan fingerprint density at radius 1 is 1.58 bits per heavy atom. The molecule has 0 radical (unpaired) electrons. The molecule has 0 bridgehead atoms. The second kappa shape index (κ2) is 7.18. The predicted molar refractivity (Wildman–Crippen MR) is 72.7 cm³/mol. The van der Waals surface area contributed by atoms with Crippen molar-refractivity contribution < 1.29 is 14.3 Å². The SMILES string of the molecule is C=CCC(C)C(=O)Cn1nc(Br)nc1C(=O)OCC. The van der Waals surface area contributed by atoms with E-state index in [0.717, 1.165) is 0 Å². The van der Waals surface area contributed by atoms with Crippen molar-refractivity contribution in [3.05, 3.63) is 23.2 Å². The molecule has 1 unspecified atom stereocenters. The van der Waals surface area contributed by atoms with E-state index in [-0.39, 0.29) is 35.4 Å². The van der Waals surface area contributed by atoms with Gasteiger partial charge in [0.25, 0.3) is 0 Å². The number of halogens is 1. The van der Waals surface area contributed by atoms with Gasteiger partial charge in [-0.3, -0.25) is 4.79 Å². The lowest BCUT2D eigenvalue weighted by Crippen LogP contribution is -2.22. The van der Waals surface area contributed by atoms with Gasteiger partial charge in [-0.15, -0.1) is 11.7 Å². The van der Waals surface area contributed by atoms with E-state index in [9.17, 15) is 9.59 Å². The maximum absolute atomic E-state index is 11.9. The van der Waals surface area contributed by atoms with Crippen LogP contribution in [0.3, 0.4) is 0 Å². The number of aromatic nitrogens is 3. The number of rotatable bonds is 7. The molecule has 1 rings (SSSR count). The smallest absolute Gasteiger partial charge is 0.376 e. The molecule has 1 aromatic rings. The molecule has 1 heterocycles. The summed E-state index contributed by atoms with van der Waals surface area (Å²) < 4.78 is 6.36. The first kappa shape index (κ1) is 15.6. The molecule has 19 heavy (non-hydrogen) atoms. The van der Waals surface area contributed by atoms with E-state index in [1.165, 1.54) is 4.68 Å². The molecule has 0 N–H and O–H groups in total. The third kappa shape index (κ3) is 4.27. The van der Waals surface area contributed by atoms with Gasteiger partial charge in [0, 0.05) is 5.92 Å². The van der Waals surface area contributed by atoms with Crippen molar-refractivity contribution in [1.82, 2.24) is 14.8 Å². The van der Waals surface area contributed by atoms with Crippen LogP contribution in [0.2, 0.25) is 0 Å². The fraction of sp³-hybridized carbons (Fsp3) is 0.500. The highest BCUT2D eigenvalue weighted by Crippen LogP contribution is 2.10. The number of hydrogen-bond acceptors (Lipinski definition) is 5. The van der Waals surface area contributed by atoms with E-state index >= 15 is 0 Å². The minimum Gasteiger partial charge on any atom is -0.460 e. The third-order valence-corrected chi connectivity index (χ3v) is 2.82. The van der Waals surface area contributed by atoms with Crippen LogP contribution in [0.25, 0.3) is 0 Å². The second-order valence-corrected chi connectivity index (χ2v) is 4.68. The number of allylic oxidation sites excluding steroid dienone is 1. The summed E-state index contributed by atoms with van der Waals surface area (Å²) in [5.41, 5.74) is 0. The summed E-state index contributed by atoms with van der Waals surface area (Å²) in [5.74, 6) is -0.781. The van der Waals surface area contributed by atoms with Crippen molar-refractivity contribution >= 4 is 27.7 Å². The summed E-state index contributed by atoms with van der Waals surface area (Å²) in [6, 6.07) is 0. The Bertz CT molecular complexity index is 485. The summed E-state index contributed by atoms with van der Waals surface area (Å²) in [4.78, 5) is 27.5. The molecule has 1 aromatic heterocycles. The first-order valence-corrected chi connectivity index (χ1v) is 6.70. The molecular formula is C12H16BrN3O3. The Morgan fingerprint density at radius 2 is 2.26 bits per heavy atom. The lowest BCUT2D eigenvalue weighted by molar-refractivity contribution is -0.123. The number of esters is 1. The average Bonchev–Trinajstić information content (AvgIpc) is 2.71. The average molecular weight is 330 g/mol. The first-order valence-electron chi connectivity index (χ1n) is 5.90. The number of hydrogen-bond donors (Lipinski definition) is 0. The van der Waals surface area contributed by atoms with E-state index in [0.29, 0.717) is 6.42 Å². The molecule has 0 spiro atoms. The van der Waals surface area contributed by atoms with Gasteiger partial charge in [0.05, 0.1) is 6.61 Å². The van der Waals surface area contributed by atoms with Crippen molar-refractivity contribution in [2.45, 2.75) is 26.8 Å². The zero-order chi connectivity index (χ0) is 14.4. The van der Waals surface area contributed by atoms with Crippen LogP contribution in [-0.4, -0.2) is 33.1 Å². The van der Waals surface area contributed by atoms with E-state index in [1.807, 2.05) is 0 Å². The molecule has 0 aromatic carbocycles. The highest BCUT2D eigenvalue weighted by Gasteiger charge is 2.21. The zero-order valence-corrected chi connectivity index (χ0v) is 12.5. The van der Waals surface area contributed by atoms with Crippen molar-refractivity contribution in [1.29, 1.82) is 0 Å². The van der Waals surface area contributed by atoms with E-state index < -0.39 is 5.97 Å². The van der Waals surface area contributed by atoms with Crippen LogP contribution in [0, 0.1) is 5.92 Å². The lowest BCUT2D eigenvalue weighted by Gasteiger charge is -2.09. The molecular weight excluding hydrogens is 314 g/mol. The van der Waals surface area contributed by atoms with Crippen LogP contribution >= 0.6 is 15.9 Å². The van der Waals surface area contributed by atoms with Crippen LogP contribution in [0.15, 0.2) is 17.4 Å². The zero-order valence-electron chi connectivity index (χ0n) is 10.9. The highest BCUT2D eigenvalue weighted by atomic mass is 79.9. The maximum atomic E-state index is 11.9. The molecule has 0 fully saturated rings. The topological polar surface area (TPSA) is 74.1 Å². The second-order valence-electron chi connectivity index (χ2n) is 3.97. The molecule has 0 saturated carbocycles. The molecule has 0 amide bonds. The van der Waals surface area contributed by atoms with Gasteiger partial charge in [-0.25, -0.2) is 9.48 Å². The molecule has 0 saturated heterocycles. The van der Waals surface area contributed by atoms with Gasteiger partial charge < -0.3 is 4.74 Å². The van der Waals surface area contributed by atoms with Gasteiger partial charge in [0.1, 0.15) is 6.54 Å². The van der Waals surface area contributed by atoms with Gasteiger partial charge in [-0.05, 0) is 29.3 Å². The number of ketones is 1. The van der Waals surface area contributed by atoms with Gasteiger partial charge >= 0.3 is 5.97 Å². The Morgan fingerprint density at radius 3 is 2.84 bits per heavy atom. The minimum absolute atomic E-state index is 0.0121. The molecule has 0 aliphatic carbocycles. The largest absolute Gasteiger partial charge is 0.460 e. The van der Waals surface area contributed by atoms with Crippen molar-refractivity contribution in [3.8, 4) is 0 Å². The van der Waals surface area contributed by atoms with Crippen LogP contribution < -0.4 is 0 Å². The van der Waals surface area contributed by atoms with Gasteiger partial charge in [-0.2, -0.15) is 4.98 Å². The third-order valence-electron chi connectivity index (χ3n) is 2.48. The fourth-order valence-electron chi connectivity index (χ4n) is 1.46. The maximum Gasteiger partial charge on any atom is 0.376 e. The summed E-state index contributed by atoms with van der Waals surface area (Å²) in [6.45, 7) is 7.33. The first-order chi connectivity index (χ1) is 8.99. The van der Waals surface area contributed by atoms with Gasteiger partial charge in [0.2, 0.25) is 10.6 Å². The minimum atomic E-state index is -0.593. The number of nitrogens with zero attached hydrogens (tertiary/aromatic N) is 3. The molecule has 6 nitrogen and oxygen atoms in total. The molecule has 1 atom stereocenters. The van der Waals surface area contributed by atoms with Crippen LogP contribution in [0.1, 0.15) is 30.9 Å². The van der Waals surface area contributed by atoms with Crippen LogP contribution in [-0.2, 0) is 16.1 Å². The number of carbonyl (C=O) groups excluding carboxylic acids is 2. The summed E-state index contributed by atoms with van der Waals surface area (Å²) >= 11 is 3.08. The van der Waals surface area contributed by atoms with E-state index in [2.05, 4.69) is 32.6 Å². The summed E-state index contributed by atoms with van der Waals surface area (Å²) in [6.07, 6.45) is 2.27. The van der Waals surface area contributed by atoms with Crippen LogP contribution in [0.4, 0.5) is 0 Å². The monoisotopic (exact) mass is 329 g/mol. The number of carbonyl (C=O) groups is 2. The fourth-order valence-corrected chi connectivity index (χ4v) is 1.82. The molecule has 0 aliphatic heterocycles. The lowest BCUT2D eigenvalue weighted by atomic mass is 10.0. The van der Waals surface area contributed by atoms with Crippen molar-refractivity contribution in [3.63, 3.8) is 0 Å². The summed E-state index contributed by atoms with van der Waals surface area (Å²) in [7, 11) is 0. The standard InChI is InChI=1S/C12H16BrN3O3/c1-4-6-8(3)9(17)7-16-10(11(18)19-5-2)14-12(13)15-16/h4,8H,1,5-7H2,2-3H3. The molecule has 7 heteroatoms. The number of ether oxygens (including phenoxy) is 1. The normalized spacial score (nSPS) is 11.9.